The molecule has 0 spiro atoms. The first-order chi connectivity index (χ1) is 7.92. The molecular formula is C8H14BrN5O2S. The van der Waals surface area contributed by atoms with Crippen molar-refractivity contribution in [2.24, 2.45) is 18.7 Å². The first-order valence-corrected chi connectivity index (χ1v) is 7.50. The van der Waals surface area contributed by atoms with Crippen LogP contribution in [0, 0.1) is 5.92 Å². The second-order valence-electron chi connectivity index (χ2n) is 4.16. The van der Waals surface area contributed by atoms with Crippen molar-refractivity contribution in [3.63, 3.8) is 0 Å². The van der Waals surface area contributed by atoms with Crippen molar-refractivity contribution in [2.45, 2.75) is 23.9 Å². The number of nitrogens with zero attached hydrogens (tertiary/aromatic N) is 3. The Labute approximate surface area is 108 Å². The van der Waals surface area contributed by atoms with Crippen molar-refractivity contribution in [3.05, 3.63) is 4.60 Å². The molecule has 1 saturated carbocycles. The highest BCUT2D eigenvalue weighted by Gasteiger charge is 2.30. The summed E-state index contributed by atoms with van der Waals surface area (Å²) in [6.45, 7) is 0.241. The number of nitrogens with one attached hydrogen (secondary N) is 1. The molecule has 1 aromatic heterocycles. The quantitative estimate of drug-likeness (QED) is 0.767. The summed E-state index contributed by atoms with van der Waals surface area (Å²) in [5.41, 5.74) is 5.84. The number of sulfonamides is 1. The van der Waals surface area contributed by atoms with Gasteiger partial charge in [-0.1, -0.05) is 5.21 Å². The summed E-state index contributed by atoms with van der Waals surface area (Å²) in [7, 11) is -2.10. The fraction of sp³-hybridized carbons (Fsp3) is 0.750. The largest absolute Gasteiger partial charge is 0.326 e. The number of hydrogen-bond donors (Lipinski definition) is 2. The maximum Gasteiger partial charge on any atom is 0.260 e. The van der Waals surface area contributed by atoms with Gasteiger partial charge in [-0.15, -0.1) is 5.10 Å². The maximum atomic E-state index is 12.0. The number of halogens is 1. The highest BCUT2D eigenvalue weighted by molar-refractivity contribution is 9.10. The molecule has 0 radical (unpaired) electrons. The van der Waals surface area contributed by atoms with Crippen molar-refractivity contribution in [1.29, 1.82) is 0 Å². The molecule has 1 atom stereocenters. The number of hydrogen-bond acceptors (Lipinski definition) is 5. The lowest BCUT2D eigenvalue weighted by molar-refractivity contribution is 0.536. The van der Waals surface area contributed by atoms with Crippen molar-refractivity contribution in [3.8, 4) is 0 Å². The first-order valence-electron chi connectivity index (χ1n) is 5.22. The van der Waals surface area contributed by atoms with E-state index < -0.39 is 10.0 Å². The molecule has 96 valence electrons. The van der Waals surface area contributed by atoms with E-state index in [1.54, 1.807) is 0 Å². The summed E-state index contributed by atoms with van der Waals surface area (Å²) in [6, 6.07) is -0.121. The van der Waals surface area contributed by atoms with E-state index >= 15 is 0 Å². The fourth-order valence-electron chi connectivity index (χ4n) is 1.57. The molecule has 17 heavy (non-hydrogen) atoms. The predicted molar refractivity (Wildman–Crippen MR) is 64.6 cm³/mol. The molecule has 0 amide bonds. The monoisotopic (exact) mass is 323 g/mol. The molecule has 3 N–H and O–H groups in total. The Bertz CT molecular complexity index is 490. The summed E-state index contributed by atoms with van der Waals surface area (Å²) in [4.78, 5) is 0. The van der Waals surface area contributed by atoms with Gasteiger partial charge in [-0.25, -0.2) is 17.8 Å². The van der Waals surface area contributed by atoms with Gasteiger partial charge in [0.15, 0.2) is 4.60 Å². The minimum absolute atomic E-state index is 0.0143. The lowest BCUT2D eigenvalue weighted by Crippen LogP contribution is -2.39. The third-order valence-corrected chi connectivity index (χ3v) is 5.04. The Morgan fingerprint density at radius 1 is 1.65 bits per heavy atom. The number of rotatable bonds is 5. The molecule has 2 rings (SSSR count). The van der Waals surface area contributed by atoms with Crippen molar-refractivity contribution < 1.29 is 8.42 Å². The molecule has 1 aliphatic rings. The van der Waals surface area contributed by atoms with Gasteiger partial charge in [0.05, 0.1) is 0 Å². The molecule has 1 aliphatic carbocycles. The van der Waals surface area contributed by atoms with Crippen molar-refractivity contribution in [1.82, 2.24) is 19.7 Å². The van der Waals surface area contributed by atoms with Crippen LogP contribution >= 0.6 is 15.9 Å². The zero-order chi connectivity index (χ0) is 12.6. The van der Waals surface area contributed by atoms with Gasteiger partial charge in [0, 0.05) is 19.6 Å². The molecule has 1 fully saturated rings. The van der Waals surface area contributed by atoms with Crippen LogP contribution in [0.25, 0.3) is 0 Å². The Morgan fingerprint density at radius 3 is 2.76 bits per heavy atom. The molecule has 9 heteroatoms. The van der Waals surface area contributed by atoms with Crippen LogP contribution in [0.15, 0.2) is 9.63 Å². The molecule has 1 unspecified atom stereocenters. The van der Waals surface area contributed by atoms with Gasteiger partial charge in [0.1, 0.15) is 0 Å². The molecule has 0 bridgehead atoms. The lowest BCUT2D eigenvalue weighted by Gasteiger charge is -2.11. The minimum atomic E-state index is -3.62. The average Bonchev–Trinajstić information content (AvgIpc) is 3.02. The Morgan fingerprint density at radius 2 is 2.29 bits per heavy atom. The van der Waals surface area contributed by atoms with Crippen LogP contribution in [0.2, 0.25) is 0 Å². The van der Waals surface area contributed by atoms with Crippen LogP contribution in [0.4, 0.5) is 0 Å². The molecule has 7 nitrogen and oxygen atoms in total. The minimum Gasteiger partial charge on any atom is -0.326 e. The van der Waals surface area contributed by atoms with Crippen LogP contribution in [-0.4, -0.2) is 36.0 Å². The third kappa shape index (κ3) is 2.84. The third-order valence-electron chi connectivity index (χ3n) is 2.73. The second-order valence-corrected chi connectivity index (χ2v) is 6.60. The van der Waals surface area contributed by atoms with Crippen molar-refractivity contribution in [2.75, 3.05) is 6.54 Å². The summed E-state index contributed by atoms with van der Waals surface area (Å²) in [5, 5.41) is 7.28. The van der Waals surface area contributed by atoms with Gasteiger partial charge in [-0.3, -0.25) is 0 Å². The Balaban J connectivity index is 2.08. The Kier molecular flexibility index (Phi) is 3.53. The maximum absolute atomic E-state index is 12.0. The summed E-state index contributed by atoms with van der Waals surface area (Å²) in [6.07, 6.45) is 2.17. The number of aryl methyl sites for hydroxylation is 1. The van der Waals surface area contributed by atoms with Gasteiger partial charge < -0.3 is 5.73 Å². The lowest BCUT2D eigenvalue weighted by atomic mass is 10.2. The highest BCUT2D eigenvalue weighted by Crippen LogP contribution is 2.31. The van der Waals surface area contributed by atoms with Gasteiger partial charge in [0.2, 0.25) is 5.03 Å². The molecular weight excluding hydrogens is 310 g/mol. The SMILES string of the molecule is Cn1nnc(Br)c1S(=O)(=O)NCC(N)C1CC1. The summed E-state index contributed by atoms with van der Waals surface area (Å²) < 4.78 is 27.9. The van der Waals surface area contributed by atoms with Gasteiger partial charge in [0.25, 0.3) is 10.0 Å². The molecule has 0 aromatic carbocycles. The van der Waals surface area contributed by atoms with Crippen molar-refractivity contribution >= 4 is 26.0 Å². The van der Waals surface area contributed by atoms with Crippen LogP contribution < -0.4 is 10.5 Å². The average molecular weight is 324 g/mol. The molecule has 0 saturated heterocycles. The molecule has 0 aliphatic heterocycles. The van der Waals surface area contributed by atoms with E-state index in [2.05, 4.69) is 31.0 Å². The predicted octanol–water partition coefficient (Wildman–Crippen LogP) is -0.407. The topological polar surface area (TPSA) is 103 Å². The van der Waals surface area contributed by atoms with E-state index in [0.717, 1.165) is 12.8 Å². The van der Waals surface area contributed by atoms with Gasteiger partial charge >= 0.3 is 0 Å². The van der Waals surface area contributed by atoms with E-state index in [1.807, 2.05) is 0 Å². The normalized spacial score (nSPS) is 18.3. The number of aromatic nitrogens is 3. The standard InChI is InChI=1S/C8H14BrN5O2S/c1-14-8(7(9)12-13-14)17(15,16)11-4-6(10)5-2-3-5/h5-6,11H,2-4,10H2,1H3. The zero-order valence-corrected chi connectivity index (χ0v) is 11.7. The first kappa shape index (κ1) is 12.9. The van der Waals surface area contributed by atoms with Gasteiger partial charge in [-0.2, -0.15) is 0 Å². The summed E-state index contributed by atoms with van der Waals surface area (Å²) >= 11 is 3.06. The van der Waals surface area contributed by atoms with E-state index in [0.29, 0.717) is 5.92 Å². The number of nitrogens with two attached hydrogens (primary N) is 1. The molecule has 1 aromatic rings. The van der Waals surface area contributed by atoms with Crippen LogP contribution in [0.5, 0.6) is 0 Å². The van der Waals surface area contributed by atoms with E-state index in [1.165, 1.54) is 11.7 Å². The summed E-state index contributed by atoms with van der Waals surface area (Å²) in [5.74, 6) is 0.450. The Hall–Kier alpha value is -0.510. The zero-order valence-electron chi connectivity index (χ0n) is 9.30. The van der Waals surface area contributed by atoms with E-state index in [-0.39, 0.29) is 22.2 Å². The fourth-order valence-corrected chi connectivity index (χ4v) is 3.74. The smallest absolute Gasteiger partial charge is 0.260 e. The van der Waals surface area contributed by atoms with Crippen LogP contribution in [-0.2, 0) is 17.1 Å². The van der Waals surface area contributed by atoms with Crippen LogP contribution in [0.3, 0.4) is 0 Å². The molecule has 1 heterocycles. The highest BCUT2D eigenvalue weighted by atomic mass is 79.9. The van der Waals surface area contributed by atoms with Crippen LogP contribution in [0.1, 0.15) is 12.8 Å². The van der Waals surface area contributed by atoms with E-state index in [9.17, 15) is 8.42 Å². The van der Waals surface area contributed by atoms with Gasteiger partial charge in [-0.05, 0) is 34.7 Å². The van der Waals surface area contributed by atoms with E-state index in [4.69, 9.17) is 5.73 Å². The second kappa shape index (κ2) is 4.63.